The molecular weight excluding hydrogens is 390 g/mol. The maximum absolute atomic E-state index is 9.67. The van der Waals surface area contributed by atoms with E-state index >= 15 is 0 Å². The van der Waals surface area contributed by atoms with Crippen LogP contribution in [-0.4, -0.2) is 5.11 Å². The van der Waals surface area contributed by atoms with Gasteiger partial charge in [0.2, 0.25) is 0 Å². The van der Waals surface area contributed by atoms with E-state index in [2.05, 4.69) is 89.8 Å². The second kappa shape index (κ2) is 10.00. The number of hydrogen-bond donors (Lipinski definition) is 1. The molecule has 30 heavy (non-hydrogen) atoms. The van der Waals surface area contributed by atoms with Gasteiger partial charge in [0.05, 0.1) is 0 Å². The molecular formula is C27H26ClNO. The SMILES string of the molecule is Cc1cc(O)ccc1-c1ccc(N(Cc2ccccc2)Cc2ccccc2)cc1.Cl. The zero-order valence-electron chi connectivity index (χ0n) is 17.0. The number of anilines is 1. The predicted molar refractivity (Wildman–Crippen MR) is 128 cm³/mol. The van der Waals surface area contributed by atoms with Crippen molar-refractivity contribution in [2.24, 2.45) is 0 Å². The van der Waals surface area contributed by atoms with Gasteiger partial charge in [0.25, 0.3) is 0 Å². The molecule has 1 N–H and O–H groups in total. The van der Waals surface area contributed by atoms with Crippen molar-refractivity contribution in [3.05, 3.63) is 120 Å². The highest BCUT2D eigenvalue weighted by atomic mass is 35.5. The van der Waals surface area contributed by atoms with Crippen LogP contribution in [0.15, 0.2) is 103 Å². The molecule has 0 unspecified atom stereocenters. The van der Waals surface area contributed by atoms with E-state index < -0.39 is 0 Å². The third-order valence-corrected chi connectivity index (χ3v) is 5.19. The molecule has 0 aromatic heterocycles. The molecule has 0 aliphatic carbocycles. The van der Waals surface area contributed by atoms with Crippen LogP contribution in [0.3, 0.4) is 0 Å². The Balaban J connectivity index is 0.00000256. The Labute approximate surface area is 184 Å². The number of halogens is 1. The van der Waals surface area contributed by atoms with Gasteiger partial charge in [0, 0.05) is 18.8 Å². The van der Waals surface area contributed by atoms with Gasteiger partial charge in [0.15, 0.2) is 0 Å². The van der Waals surface area contributed by atoms with Crippen LogP contribution in [-0.2, 0) is 13.1 Å². The van der Waals surface area contributed by atoms with Crippen LogP contribution in [0.5, 0.6) is 5.75 Å². The van der Waals surface area contributed by atoms with Crippen molar-refractivity contribution in [3.8, 4) is 16.9 Å². The number of phenols is 1. The van der Waals surface area contributed by atoms with Crippen molar-refractivity contribution < 1.29 is 5.11 Å². The smallest absolute Gasteiger partial charge is 0.115 e. The fourth-order valence-corrected chi connectivity index (χ4v) is 3.67. The van der Waals surface area contributed by atoms with Gasteiger partial charge in [-0.05, 0) is 59.0 Å². The molecule has 0 fully saturated rings. The van der Waals surface area contributed by atoms with Crippen molar-refractivity contribution >= 4 is 18.1 Å². The maximum atomic E-state index is 9.67. The molecule has 152 valence electrons. The van der Waals surface area contributed by atoms with E-state index in [4.69, 9.17) is 0 Å². The molecule has 3 heteroatoms. The van der Waals surface area contributed by atoms with Crippen LogP contribution < -0.4 is 4.90 Å². The predicted octanol–water partition coefficient (Wildman–Crippen LogP) is 7.00. The lowest BCUT2D eigenvalue weighted by atomic mass is 10.00. The summed E-state index contributed by atoms with van der Waals surface area (Å²) in [5, 5.41) is 9.67. The molecule has 2 nitrogen and oxygen atoms in total. The Morgan fingerprint density at radius 3 is 1.70 bits per heavy atom. The third kappa shape index (κ3) is 5.22. The van der Waals surface area contributed by atoms with Crippen molar-refractivity contribution in [1.29, 1.82) is 0 Å². The Bertz CT molecular complexity index is 1020. The van der Waals surface area contributed by atoms with Crippen LogP contribution in [0.4, 0.5) is 5.69 Å². The van der Waals surface area contributed by atoms with Gasteiger partial charge in [0.1, 0.15) is 5.75 Å². The summed E-state index contributed by atoms with van der Waals surface area (Å²) in [6, 6.07) is 35.4. The van der Waals surface area contributed by atoms with E-state index in [9.17, 15) is 5.11 Å². The van der Waals surface area contributed by atoms with Crippen LogP contribution in [0.25, 0.3) is 11.1 Å². The lowest BCUT2D eigenvalue weighted by Gasteiger charge is -2.25. The first-order valence-electron chi connectivity index (χ1n) is 9.92. The fourth-order valence-electron chi connectivity index (χ4n) is 3.67. The molecule has 4 rings (SSSR count). The average molecular weight is 416 g/mol. The zero-order valence-corrected chi connectivity index (χ0v) is 17.8. The maximum Gasteiger partial charge on any atom is 0.115 e. The van der Waals surface area contributed by atoms with E-state index in [-0.39, 0.29) is 12.4 Å². The van der Waals surface area contributed by atoms with Gasteiger partial charge in [-0.25, -0.2) is 0 Å². The topological polar surface area (TPSA) is 23.5 Å². The van der Waals surface area contributed by atoms with Crippen LogP contribution in [0.2, 0.25) is 0 Å². The Kier molecular flexibility index (Phi) is 7.16. The lowest BCUT2D eigenvalue weighted by Crippen LogP contribution is -2.22. The number of nitrogens with zero attached hydrogens (tertiary/aromatic N) is 1. The summed E-state index contributed by atoms with van der Waals surface area (Å²) >= 11 is 0. The highest BCUT2D eigenvalue weighted by Gasteiger charge is 2.10. The van der Waals surface area contributed by atoms with Crippen LogP contribution >= 0.6 is 12.4 Å². The Morgan fingerprint density at radius 2 is 1.20 bits per heavy atom. The molecule has 0 bridgehead atoms. The molecule has 0 amide bonds. The quantitative estimate of drug-likeness (QED) is 0.366. The van der Waals surface area contributed by atoms with Gasteiger partial charge < -0.3 is 10.0 Å². The van der Waals surface area contributed by atoms with Crippen LogP contribution in [0, 0.1) is 6.92 Å². The number of hydrogen-bond acceptors (Lipinski definition) is 2. The standard InChI is InChI=1S/C27H25NO.ClH/c1-21-18-26(29)16-17-27(21)24-12-14-25(15-13-24)28(19-22-8-4-2-5-9-22)20-23-10-6-3-7-11-23;/h2-18,29H,19-20H2,1H3;1H. The summed E-state index contributed by atoms with van der Waals surface area (Å²) in [5.74, 6) is 0.305. The normalized spacial score (nSPS) is 10.3. The van der Waals surface area contributed by atoms with Crippen molar-refractivity contribution in [2.75, 3.05) is 4.90 Å². The van der Waals surface area contributed by atoms with Crippen molar-refractivity contribution in [2.45, 2.75) is 20.0 Å². The number of phenolic OH excluding ortho intramolecular Hbond substituents is 1. The highest BCUT2D eigenvalue weighted by molar-refractivity contribution is 5.85. The summed E-state index contributed by atoms with van der Waals surface area (Å²) in [7, 11) is 0. The molecule has 0 saturated carbocycles. The molecule has 4 aromatic carbocycles. The third-order valence-electron chi connectivity index (χ3n) is 5.19. The first kappa shape index (κ1) is 21.5. The van der Waals surface area contributed by atoms with Gasteiger partial charge in [-0.1, -0.05) is 78.9 Å². The van der Waals surface area contributed by atoms with Gasteiger partial charge in [-0.2, -0.15) is 0 Å². The van der Waals surface area contributed by atoms with Crippen molar-refractivity contribution in [1.82, 2.24) is 0 Å². The second-order valence-electron chi connectivity index (χ2n) is 7.37. The Hall–Kier alpha value is -3.23. The van der Waals surface area contributed by atoms with E-state index in [0.29, 0.717) is 5.75 Å². The number of aryl methyl sites for hydroxylation is 1. The minimum Gasteiger partial charge on any atom is -0.508 e. The summed E-state index contributed by atoms with van der Waals surface area (Å²) < 4.78 is 0. The molecule has 0 saturated heterocycles. The molecule has 0 spiro atoms. The van der Waals surface area contributed by atoms with Gasteiger partial charge in [-0.15, -0.1) is 12.4 Å². The van der Waals surface area contributed by atoms with E-state index in [0.717, 1.165) is 29.8 Å². The first-order chi connectivity index (χ1) is 14.2. The summed E-state index contributed by atoms with van der Waals surface area (Å²) in [5.41, 5.74) is 7.16. The molecule has 0 aliphatic rings. The van der Waals surface area contributed by atoms with Crippen molar-refractivity contribution in [3.63, 3.8) is 0 Å². The minimum absolute atomic E-state index is 0. The molecule has 0 aliphatic heterocycles. The zero-order chi connectivity index (χ0) is 20.1. The molecule has 0 heterocycles. The molecule has 0 atom stereocenters. The first-order valence-corrected chi connectivity index (χ1v) is 9.92. The fraction of sp³-hybridized carbons (Fsp3) is 0.111. The number of aromatic hydroxyl groups is 1. The lowest BCUT2D eigenvalue weighted by molar-refractivity contribution is 0.475. The molecule has 0 radical (unpaired) electrons. The summed E-state index contributed by atoms with van der Waals surface area (Å²) in [6.07, 6.45) is 0. The van der Waals surface area contributed by atoms with Gasteiger partial charge >= 0.3 is 0 Å². The molecule has 4 aromatic rings. The highest BCUT2D eigenvalue weighted by Crippen LogP contribution is 2.29. The number of rotatable bonds is 6. The Morgan fingerprint density at radius 1 is 0.667 bits per heavy atom. The number of benzene rings is 4. The van der Waals surface area contributed by atoms with E-state index in [1.165, 1.54) is 16.8 Å². The van der Waals surface area contributed by atoms with Crippen LogP contribution in [0.1, 0.15) is 16.7 Å². The largest absolute Gasteiger partial charge is 0.508 e. The summed E-state index contributed by atoms with van der Waals surface area (Å²) in [4.78, 5) is 2.40. The van der Waals surface area contributed by atoms with Gasteiger partial charge in [-0.3, -0.25) is 0 Å². The average Bonchev–Trinajstić information content (AvgIpc) is 2.75. The van der Waals surface area contributed by atoms with E-state index in [1.807, 2.05) is 13.0 Å². The minimum atomic E-state index is 0. The van der Waals surface area contributed by atoms with E-state index in [1.54, 1.807) is 12.1 Å². The summed E-state index contributed by atoms with van der Waals surface area (Å²) in [6.45, 7) is 3.74. The monoisotopic (exact) mass is 415 g/mol. The second-order valence-corrected chi connectivity index (χ2v) is 7.37.